The lowest BCUT2D eigenvalue weighted by Gasteiger charge is -2.32. The van der Waals surface area contributed by atoms with Gasteiger partial charge < -0.3 is 10.1 Å². The lowest BCUT2D eigenvalue weighted by Crippen LogP contribution is -2.40. The van der Waals surface area contributed by atoms with Crippen molar-refractivity contribution in [1.82, 2.24) is 0 Å². The second-order valence-electron chi connectivity index (χ2n) is 6.99. The summed E-state index contributed by atoms with van der Waals surface area (Å²) in [7, 11) is -2.33. The maximum atomic E-state index is 13.3. The van der Waals surface area contributed by atoms with E-state index >= 15 is 0 Å². The Balaban J connectivity index is 1.72. The fraction of sp³-hybridized carbons (Fsp3) is 0.174. The van der Waals surface area contributed by atoms with E-state index in [1.54, 1.807) is 55.6 Å². The molecule has 0 saturated heterocycles. The zero-order chi connectivity index (χ0) is 21.3. The smallest absolute Gasteiger partial charge is 0.265 e. The van der Waals surface area contributed by atoms with Gasteiger partial charge in [0.15, 0.2) is 0 Å². The van der Waals surface area contributed by atoms with E-state index in [-0.39, 0.29) is 11.4 Å². The molecule has 0 fully saturated rings. The predicted molar refractivity (Wildman–Crippen MR) is 117 cm³/mol. The van der Waals surface area contributed by atoms with Crippen LogP contribution in [0, 0.1) is 0 Å². The first-order valence-corrected chi connectivity index (χ1v) is 11.1. The van der Waals surface area contributed by atoms with Crippen LogP contribution in [0.3, 0.4) is 0 Å². The molecule has 0 spiro atoms. The molecule has 1 amide bonds. The summed E-state index contributed by atoms with van der Waals surface area (Å²) in [4.78, 5) is 13.0. The van der Waals surface area contributed by atoms with Crippen molar-refractivity contribution in [1.29, 1.82) is 0 Å². The van der Waals surface area contributed by atoms with E-state index in [9.17, 15) is 13.2 Å². The van der Waals surface area contributed by atoms with Crippen molar-refractivity contribution >= 4 is 27.3 Å². The summed E-state index contributed by atoms with van der Waals surface area (Å²) in [5.74, 6) is 0.168. The van der Waals surface area contributed by atoms with Crippen molar-refractivity contribution in [3.8, 4) is 16.9 Å². The van der Waals surface area contributed by atoms with Crippen molar-refractivity contribution in [2.45, 2.75) is 18.2 Å². The van der Waals surface area contributed by atoms with Crippen LogP contribution in [-0.4, -0.2) is 28.0 Å². The average Bonchev–Trinajstić information content (AvgIpc) is 2.76. The molecule has 1 heterocycles. The average molecular weight is 423 g/mol. The highest BCUT2D eigenvalue weighted by molar-refractivity contribution is 7.93. The van der Waals surface area contributed by atoms with Crippen LogP contribution in [0.4, 0.5) is 11.4 Å². The number of sulfonamides is 1. The normalized spacial score (nSPS) is 13.9. The number of nitrogens with one attached hydrogen (secondary N) is 1. The van der Waals surface area contributed by atoms with Crippen LogP contribution in [0.15, 0.2) is 71.6 Å². The molecular formula is C23H22N2O4S. The zero-order valence-electron chi connectivity index (χ0n) is 16.8. The molecule has 0 atom stereocenters. The molecule has 0 saturated carbocycles. The molecule has 1 aliphatic rings. The Morgan fingerprint density at radius 3 is 2.57 bits per heavy atom. The second-order valence-corrected chi connectivity index (χ2v) is 8.82. The number of rotatable bonds is 5. The summed E-state index contributed by atoms with van der Waals surface area (Å²) in [5.41, 5.74) is 3.62. The minimum Gasteiger partial charge on any atom is -0.497 e. The predicted octanol–water partition coefficient (Wildman–Crippen LogP) is 4.07. The van der Waals surface area contributed by atoms with E-state index in [0.717, 1.165) is 17.5 Å². The molecule has 1 N–H and O–H groups in total. The SMILES string of the molecule is CCc1ccc2c(c1)-c1ccccc1S(=O)(=O)N2CC(=O)Nc1cccc(OC)c1. The topological polar surface area (TPSA) is 75.7 Å². The van der Waals surface area contributed by atoms with Gasteiger partial charge in [0.2, 0.25) is 5.91 Å². The Kier molecular flexibility index (Phi) is 5.22. The number of nitrogens with zero attached hydrogens (tertiary/aromatic N) is 1. The van der Waals surface area contributed by atoms with Gasteiger partial charge >= 0.3 is 0 Å². The number of benzene rings is 3. The Hall–Kier alpha value is -3.32. The Morgan fingerprint density at radius 2 is 1.80 bits per heavy atom. The van der Waals surface area contributed by atoms with E-state index in [1.807, 2.05) is 25.1 Å². The number of fused-ring (bicyclic) bond motifs is 3. The van der Waals surface area contributed by atoms with Crippen molar-refractivity contribution in [2.24, 2.45) is 0 Å². The van der Waals surface area contributed by atoms with Gasteiger partial charge in [0, 0.05) is 22.9 Å². The summed E-state index contributed by atoms with van der Waals surface area (Å²) >= 11 is 0. The molecule has 0 radical (unpaired) electrons. The number of hydrogen-bond acceptors (Lipinski definition) is 4. The minimum atomic E-state index is -3.87. The highest BCUT2D eigenvalue weighted by Crippen LogP contribution is 2.43. The first-order chi connectivity index (χ1) is 14.4. The second kappa shape index (κ2) is 7.84. The summed E-state index contributed by atoms with van der Waals surface area (Å²) < 4.78 is 33.0. The molecule has 0 aromatic heterocycles. The Morgan fingerprint density at radius 1 is 1.00 bits per heavy atom. The van der Waals surface area contributed by atoms with Gasteiger partial charge in [0.1, 0.15) is 12.3 Å². The number of aryl methyl sites for hydroxylation is 1. The third kappa shape index (κ3) is 3.52. The zero-order valence-corrected chi connectivity index (χ0v) is 17.6. The molecule has 0 bridgehead atoms. The van der Waals surface area contributed by atoms with Crippen LogP contribution in [0.1, 0.15) is 12.5 Å². The van der Waals surface area contributed by atoms with Crippen LogP contribution < -0.4 is 14.4 Å². The number of ether oxygens (including phenoxy) is 1. The standard InChI is InChI=1S/C23H22N2O4S/c1-3-16-11-12-21-20(13-16)19-9-4-5-10-22(19)30(27,28)25(21)15-23(26)24-17-7-6-8-18(14-17)29-2/h4-14H,3,15H2,1-2H3,(H,24,26). The monoisotopic (exact) mass is 422 g/mol. The summed E-state index contributed by atoms with van der Waals surface area (Å²) in [6.45, 7) is 1.72. The quantitative estimate of drug-likeness (QED) is 0.672. The Labute approximate surface area is 176 Å². The molecule has 30 heavy (non-hydrogen) atoms. The minimum absolute atomic E-state index is 0.208. The molecule has 7 heteroatoms. The number of hydrogen-bond donors (Lipinski definition) is 1. The van der Waals surface area contributed by atoms with Crippen LogP contribution in [-0.2, 0) is 21.2 Å². The number of amides is 1. The van der Waals surface area contributed by atoms with Crippen molar-refractivity contribution < 1.29 is 17.9 Å². The molecule has 0 aliphatic carbocycles. The van der Waals surface area contributed by atoms with Crippen molar-refractivity contribution in [3.05, 3.63) is 72.3 Å². The summed E-state index contributed by atoms with van der Waals surface area (Å²) in [6.07, 6.45) is 0.832. The van der Waals surface area contributed by atoms with Gasteiger partial charge in [-0.25, -0.2) is 8.42 Å². The third-order valence-corrected chi connectivity index (χ3v) is 6.94. The number of carbonyl (C=O) groups excluding carboxylic acids is 1. The van der Waals surface area contributed by atoms with E-state index in [0.29, 0.717) is 22.7 Å². The van der Waals surface area contributed by atoms with Gasteiger partial charge in [0.25, 0.3) is 10.0 Å². The molecule has 154 valence electrons. The van der Waals surface area contributed by atoms with Crippen molar-refractivity contribution in [2.75, 3.05) is 23.3 Å². The van der Waals surface area contributed by atoms with Gasteiger partial charge in [-0.05, 0) is 42.3 Å². The summed E-state index contributed by atoms with van der Waals surface area (Å²) in [6, 6.07) is 19.5. The fourth-order valence-electron chi connectivity index (χ4n) is 3.60. The van der Waals surface area contributed by atoms with E-state index in [1.165, 1.54) is 4.31 Å². The molecule has 6 nitrogen and oxygen atoms in total. The van der Waals surface area contributed by atoms with Crippen LogP contribution >= 0.6 is 0 Å². The third-order valence-electron chi connectivity index (χ3n) is 5.12. The van der Waals surface area contributed by atoms with Gasteiger partial charge in [-0.1, -0.05) is 37.3 Å². The van der Waals surface area contributed by atoms with Crippen molar-refractivity contribution in [3.63, 3.8) is 0 Å². The largest absolute Gasteiger partial charge is 0.497 e. The molecule has 4 rings (SSSR count). The number of anilines is 2. The van der Waals surface area contributed by atoms with E-state index < -0.39 is 15.9 Å². The van der Waals surface area contributed by atoms with E-state index in [2.05, 4.69) is 5.32 Å². The molecule has 3 aromatic rings. The molecule has 0 unspecified atom stereocenters. The fourth-order valence-corrected chi connectivity index (χ4v) is 5.25. The highest BCUT2D eigenvalue weighted by Gasteiger charge is 2.35. The molecule has 1 aliphatic heterocycles. The highest BCUT2D eigenvalue weighted by atomic mass is 32.2. The molecular weight excluding hydrogens is 400 g/mol. The number of carbonyl (C=O) groups is 1. The lowest BCUT2D eigenvalue weighted by molar-refractivity contribution is -0.114. The van der Waals surface area contributed by atoms with Crippen LogP contribution in [0.2, 0.25) is 0 Å². The molecule has 3 aromatic carbocycles. The maximum Gasteiger partial charge on any atom is 0.265 e. The van der Waals surface area contributed by atoms with Crippen LogP contribution in [0.5, 0.6) is 5.75 Å². The van der Waals surface area contributed by atoms with Gasteiger partial charge in [0.05, 0.1) is 17.7 Å². The van der Waals surface area contributed by atoms with Gasteiger partial charge in [-0.3, -0.25) is 9.10 Å². The van der Waals surface area contributed by atoms with E-state index in [4.69, 9.17) is 4.74 Å². The lowest BCUT2D eigenvalue weighted by atomic mass is 9.99. The first-order valence-electron chi connectivity index (χ1n) is 9.63. The number of methoxy groups -OCH3 is 1. The van der Waals surface area contributed by atoms with Gasteiger partial charge in [-0.2, -0.15) is 0 Å². The van der Waals surface area contributed by atoms with Gasteiger partial charge in [-0.15, -0.1) is 0 Å². The van der Waals surface area contributed by atoms with Crippen LogP contribution in [0.25, 0.3) is 11.1 Å². The Bertz CT molecular complexity index is 1220. The maximum absolute atomic E-state index is 13.3. The summed E-state index contributed by atoms with van der Waals surface area (Å²) in [5, 5.41) is 2.75. The first kappa shape index (κ1) is 20.0.